The average Bonchev–Trinajstić information content (AvgIpc) is 2.36. The normalized spacial score (nSPS) is 12.2. The number of benzene rings is 2. The summed E-state index contributed by atoms with van der Waals surface area (Å²) in [6.07, 6.45) is -0.142. The number of hydrogen-bond acceptors (Lipinski definition) is 2. The summed E-state index contributed by atoms with van der Waals surface area (Å²) in [5.41, 5.74) is 6.85. The van der Waals surface area contributed by atoms with Gasteiger partial charge in [-0.2, -0.15) is 0 Å². The second-order valence-corrected chi connectivity index (χ2v) is 5.69. The molecule has 0 aliphatic rings. The van der Waals surface area contributed by atoms with E-state index in [2.05, 4.69) is 31.9 Å². The third-order valence-electron chi connectivity index (χ3n) is 2.51. The Bertz CT molecular complexity index is 531. The van der Waals surface area contributed by atoms with E-state index in [1.54, 1.807) is 0 Å². The van der Waals surface area contributed by atoms with Crippen molar-refractivity contribution in [2.45, 2.75) is 6.10 Å². The topological polar surface area (TPSA) is 35.2 Å². The second kappa shape index (κ2) is 6.36. The average molecular weight is 371 g/mol. The van der Waals surface area contributed by atoms with E-state index >= 15 is 0 Å². The highest BCUT2D eigenvalue weighted by molar-refractivity contribution is 9.10. The number of nitrogens with two attached hydrogens (primary N) is 1. The van der Waals surface area contributed by atoms with E-state index in [-0.39, 0.29) is 6.10 Å². The zero-order chi connectivity index (χ0) is 13.0. The van der Waals surface area contributed by atoms with Gasteiger partial charge in [0.1, 0.15) is 11.9 Å². The lowest BCUT2D eigenvalue weighted by molar-refractivity contribution is 0.214. The lowest BCUT2D eigenvalue weighted by atomic mass is 10.1. The molecule has 0 fully saturated rings. The first kappa shape index (κ1) is 13.6. The van der Waals surface area contributed by atoms with E-state index in [4.69, 9.17) is 10.5 Å². The molecule has 0 saturated heterocycles. The quantitative estimate of drug-likeness (QED) is 0.871. The van der Waals surface area contributed by atoms with Crippen molar-refractivity contribution in [2.75, 3.05) is 6.54 Å². The van der Waals surface area contributed by atoms with Crippen LogP contribution in [0.25, 0.3) is 0 Å². The maximum atomic E-state index is 5.91. The molecule has 0 bridgehead atoms. The van der Waals surface area contributed by atoms with E-state index in [0.29, 0.717) is 6.54 Å². The fraction of sp³-hybridized carbons (Fsp3) is 0.143. The fourth-order valence-electron chi connectivity index (χ4n) is 1.66. The summed E-state index contributed by atoms with van der Waals surface area (Å²) in [7, 11) is 0. The molecular weight excluding hydrogens is 358 g/mol. The van der Waals surface area contributed by atoms with E-state index in [0.717, 1.165) is 20.3 Å². The Morgan fingerprint density at radius 3 is 2.28 bits per heavy atom. The SMILES string of the molecule is NCC(Oc1cccc(Br)c1)c1cccc(Br)c1. The number of hydrogen-bond donors (Lipinski definition) is 1. The summed E-state index contributed by atoms with van der Waals surface area (Å²) in [6.45, 7) is 0.433. The van der Waals surface area contributed by atoms with Gasteiger partial charge < -0.3 is 10.5 Å². The van der Waals surface area contributed by atoms with Gasteiger partial charge in [-0.25, -0.2) is 0 Å². The zero-order valence-electron chi connectivity index (χ0n) is 9.64. The molecule has 0 saturated carbocycles. The second-order valence-electron chi connectivity index (χ2n) is 3.85. The highest BCUT2D eigenvalue weighted by Crippen LogP contribution is 2.25. The first-order chi connectivity index (χ1) is 8.69. The van der Waals surface area contributed by atoms with Crippen LogP contribution < -0.4 is 10.5 Å². The fourth-order valence-corrected chi connectivity index (χ4v) is 2.46. The third kappa shape index (κ3) is 3.57. The molecule has 0 amide bonds. The summed E-state index contributed by atoms with van der Waals surface area (Å²) >= 11 is 6.88. The monoisotopic (exact) mass is 369 g/mol. The molecule has 2 aromatic rings. The van der Waals surface area contributed by atoms with Crippen molar-refractivity contribution in [1.82, 2.24) is 0 Å². The van der Waals surface area contributed by atoms with Gasteiger partial charge in [0.15, 0.2) is 0 Å². The highest BCUT2D eigenvalue weighted by Gasteiger charge is 2.11. The van der Waals surface area contributed by atoms with E-state index < -0.39 is 0 Å². The minimum Gasteiger partial charge on any atom is -0.484 e. The molecule has 0 aliphatic heterocycles. The number of rotatable bonds is 4. The van der Waals surface area contributed by atoms with Crippen LogP contribution in [-0.4, -0.2) is 6.54 Å². The van der Waals surface area contributed by atoms with Crippen LogP contribution in [0.15, 0.2) is 57.5 Å². The number of ether oxygens (including phenoxy) is 1. The molecule has 2 nitrogen and oxygen atoms in total. The molecule has 2 rings (SSSR count). The predicted molar refractivity (Wildman–Crippen MR) is 80.7 cm³/mol. The van der Waals surface area contributed by atoms with Crippen LogP contribution in [0.3, 0.4) is 0 Å². The summed E-state index contributed by atoms with van der Waals surface area (Å²) in [6, 6.07) is 15.8. The van der Waals surface area contributed by atoms with Gasteiger partial charge in [-0.05, 0) is 35.9 Å². The molecule has 0 aliphatic carbocycles. The maximum absolute atomic E-state index is 5.91. The van der Waals surface area contributed by atoms with Gasteiger partial charge in [0.05, 0.1) is 0 Å². The van der Waals surface area contributed by atoms with Gasteiger partial charge in [-0.3, -0.25) is 0 Å². The molecular formula is C14H13Br2NO. The van der Waals surface area contributed by atoms with Gasteiger partial charge >= 0.3 is 0 Å². The Labute approximate surface area is 123 Å². The highest BCUT2D eigenvalue weighted by atomic mass is 79.9. The molecule has 18 heavy (non-hydrogen) atoms. The van der Waals surface area contributed by atoms with Crippen molar-refractivity contribution in [3.05, 3.63) is 63.0 Å². The molecule has 2 N–H and O–H groups in total. The van der Waals surface area contributed by atoms with Crippen LogP contribution in [-0.2, 0) is 0 Å². The van der Waals surface area contributed by atoms with Crippen molar-refractivity contribution >= 4 is 31.9 Å². The van der Waals surface area contributed by atoms with Crippen molar-refractivity contribution < 1.29 is 4.74 Å². The lowest BCUT2D eigenvalue weighted by Gasteiger charge is -2.18. The molecule has 94 valence electrons. The zero-order valence-corrected chi connectivity index (χ0v) is 12.8. The standard InChI is InChI=1S/C14H13Br2NO/c15-11-4-1-3-10(7-11)14(9-17)18-13-6-2-5-12(16)8-13/h1-8,14H,9,17H2. The number of halogens is 2. The Hall–Kier alpha value is -0.840. The Balaban J connectivity index is 2.19. The van der Waals surface area contributed by atoms with Gasteiger partial charge in [0.2, 0.25) is 0 Å². The van der Waals surface area contributed by atoms with Crippen molar-refractivity contribution in [3.63, 3.8) is 0 Å². The van der Waals surface area contributed by atoms with Crippen molar-refractivity contribution in [2.24, 2.45) is 5.73 Å². The van der Waals surface area contributed by atoms with Crippen LogP contribution in [0, 0.1) is 0 Å². The first-order valence-corrected chi connectivity index (χ1v) is 7.15. The molecule has 2 aromatic carbocycles. The minimum atomic E-state index is -0.142. The van der Waals surface area contributed by atoms with Crippen LogP contribution in [0.4, 0.5) is 0 Å². The molecule has 0 spiro atoms. The smallest absolute Gasteiger partial charge is 0.136 e. The molecule has 0 aromatic heterocycles. The van der Waals surface area contributed by atoms with Crippen LogP contribution in [0.1, 0.15) is 11.7 Å². The molecule has 4 heteroatoms. The molecule has 0 radical (unpaired) electrons. The minimum absolute atomic E-state index is 0.142. The van der Waals surface area contributed by atoms with Gasteiger partial charge in [0, 0.05) is 15.5 Å². The van der Waals surface area contributed by atoms with Crippen molar-refractivity contribution in [3.8, 4) is 5.75 Å². The summed E-state index contributed by atoms with van der Waals surface area (Å²) < 4.78 is 7.92. The van der Waals surface area contributed by atoms with Gasteiger partial charge in [-0.1, -0.05) is 50.1 Å². The van der Waals surface area contributed by atoms with Gasteiger partial charge in [-0.15, -0.1) is 0 Å². The van der Waals surface area contributed by atoms with Crippen molar-refractivity contribution in [1.29, 1.82) is 0 Å². The van der Waals surface area contributed by atoms with Crippen LogP contribution >= 0.6 is 31.9 Å². The summed E-state index contributed by atoms with van der Waals surface area (Å²) in [5.74, 6) is 0.805. The Morgan fingerprint density at radius 1 is 1.00 bits per heavy atom. The third-order valence-corrected chi connectivity index (χ3v) is 3.50. The van der Waals surface area contributed by atoms with Crippen LogP contribution in [0.2, 0.25) is 0 Å². The van der Waals surface area contributed by atoms with Crippen LogP contribution in [0.5, 0.6) is 5.75 Å². The predicted octanol–water partition coefficient (Wildman–Crippen LogP) is 4.29. The first-order valence-electron chi connectivity index (χ1n) is 5.57. The molecule has 1 unspecified atom stereocenters. The largest absolute Gasteiger partial charge is 0.484 e. The maximum Gasteiger partial charge on any atom is 0.136 e. The lowest BCUT2D eigenvalue weighted by Crippen LogP contribution is -2.18. The van der Waals surface area contributed by atoms with E-state index in [1.807, 2.05) is 48.5 Å². The van der Waals surface area contributed by atoms with E-state index in [9.17, 15) is 0 Å². The molecule has 1 atom stereocenters. The summed E-state index contributed by atoms with van der Waals surface area (Å²) in [4.78, 5) is 0. The summed E-state index contributed by atoms with van der Waals surface area (Å²) in [5, 5.41) is 0. The molecule has 0 heterocycles. The Morgan fingerprint density at radius 2 is 1.67 bits per heavy atom. The Kier molecular flexibility index (Phi) is 4.80. The van der Waals surface area contributed by atoms with E-state index in [1.165, 1.54) is 0 Å². The van der Waals surface area contributed by atoms with Gasteiger partial charge in [0.25, 0.3) is 0 Å².